The van der Waals surface area contributed by atoms with Crippen molar-refractivity contribution in [1.29, 1.82) is 0 Å². The molecule has 3 aromatic rings. The van der Waals surface area contributed by atoms with Crippen LogP contribution in [0.1, 0.15) is 18.3 Å². The molecule has 0 bridgehead atoms. The van der Waals surface area contributed by atoms with E-state index in [1.807, 2.05) is 6.07 Å². The molecule has 10 heteroatoms. The minimum absolute atomic E-state index is 0.0853. The molecular weight excluding hydrogens is 404 g/mol. The quantitative estimate of drug-likeness (QED) is 0.480. The maximum absolute atomic E-state index is 13.0. The number of aromatic nitrogens is 4. The van der Waals surface area contributed by atoms with Crippen LogP contribution in [-0.2, 0) is 11.3 Å². The average Bonchev–Trinajstić information content (AvgIpc) is 3.06. The SMILES string of the molecule is O=c1ccn(C2OC(CCO)C(O)C2O)c(=O)n1Cc1cc(-c2cccnc2)ccn1. The van der Waals surface area contributed by atoms with Crippen LogP contribution in [0.2, 0.25) is 0 Å². The molecular formula is C21H22N4O6. The minimum Gasteiger partial charge on any atom is -0.396 e. The zero-order valence-corrected chi connectivity index (χ0v) is 16.5. The lowest BCUT2D eigenvalue weighted by Gasteiger charge is -2.18. The second-order valence-electron chi connectivity index (χ2n) is 7.27. The summed E-state index contributed by atoms with van der Waals surface area (Å²) in [6, 6.07) is 8.45. The first kappa shape index (κ1) is 21.1. The summed E-state index contributed by atoms with van der Waals surface area (Å²) in [6.45, 7) is -0.327. The van der Waals surface area contributed by atoms with E-state index in [4.69, 9.17) is 9.84 Å². The van der Waals surface area contributed by atoms with E-state index < -0.39 is 35.8 Å². The van der Waals surface area contributed by atoms with Gasteiger partial charge in [-0.25, -0.2) is 4.79 Å². The summed E-state index contributed by atoms with van der Waals surface area (Å²) in [7, 11) is 0. The summed E-state index contributed by atoms with van der Waals surface area (Å²) < 4.78 is 7.63. The first-order chi connectivity index (χ1) is 15.0. The third-order valence-electron chi connectivity index (χ3n) is 5.25. The van der Waals surface area contributed by atoms with Crippen molar-refractivity contribution >= 4 is 0 Å². The van der Waals surface area contributed by atoms with E-state index in [0.717, 1.165) is 20.3 Å². The van der Waals surface area contributed by atoms with Gasteiger partial charge in [0, 0.05) is 43.0 Å². The Morgan fingerprint density at radius 1 is 1.06 bits per heavy atom. The number of hydrogen-bond donors (Lipinski definition) is 3. The molecule has 1 fully saturated rings. The largest absolute Gasteiger partial charge is 0.396 e. The molecule has 0 saturated carbocycles. The fourth-order valence-electron chi connectivity index (χ4n) is 3.64. The molecule has 1 aliphatic heterocycles. The molecule has 10 nitrogen and oxygen atoms in total. The molecule has 4 heterocycles. The Labute approximate surface area is 176 Å². The number of rotatable bonds is 6. The van der Waals surface area contributed by atoms with Gasteiger partial charge in [0.2, 0.25) is 0 Å². The molecule has 4 atom stereocenters. The van der Waals surface area contributed by atoms with Crippen molar-refractivity contribution in [2.24, 2.45) is 0 Å². The van der Waals surface area contributed by atoms with Gasteiger partial charge in [0.05, 0.1) is 18.3 Å². The summed E-state index contributed by atoms with van der Waals surface area (Å²) in [5.74, 6) is 0. The Morgan fingerprint density at radius 2 is 1.90 bits per heavy atom. The summed E-state index contributed by atoms with van der Waals surface area (Å²) >= 11 is 0. The summed E-state index contributed by atoms with van der Waals surface area (Å²) in [5.41, 5.74) is 0.961. The second kappa shape index (κ2) is 8.90. The summed E-state index contributed by atoms with van der Waals surface area (Å²) in [6.07, 6.45) is 1.64. The molecule has 31 heavy (non-hydrogen) atoms. The number of nitrogens with zero attached hydrogens (tertiary/aromatic N) is 4. The van der Waals surface area contributed by atoms with Crippen molar-refractivity contribution in [3.63, 3.8) is 0 Å². The summed E-state index contributed by atoms with van der Waals surface area (Å²) in [5, 5.41) is 29.5. The Balaban J connectivity index is 1.65. The Morgan fingerprint density at radius 3 is 2.65 bits per heavy atom. The molecule has 0 aliphatic carbocycles. The maximum atomic E-state index is 13.0. The zero-order chi connectivity index (χ0) is 22.0. The highest BCUT2D eigenvalue weighted by Crippen LogP contribution is 2.29. The smallest absolute Gasteiger partial charge is 0.333 e. The van der Waals surface area contributed by atoms with Gasteiger partial charge in [-0.05, 0) is 30.2 Å². The standard InChI is InChI=1S/C21H22N4O6/c26-9-5-16-18(28)19(29)20(31-16)24-8-4-17(27)25(21(24)30)12-15-10-13(3-7-23-15)14-2-1-6-22-11-14/h1-4,6-8,10-11,16,18-20,26,28-29H,5,9,12H2. The lowest BCUT2D eigenvalue weighted by molar-refractivity contribution is -0.0458. The number of aliphatic hydroxyl groups is 3. The fourth-order valence-corrected chi connectivity index (χ4v) is 3.64. The predicted octanol–water partition coefficient (Wildman–Crippen LogP) is -0.483. The monoisotopic (exact) mass is 426 g/mol. The lowest BCUT2D eigenvalue weighted by Crippen LogP contribution is -2.43. The highest BCUT2D eigenvalue weighted by atomic mass is 16.6. The lowest BCUT2D eigenvalue weighted by atomic mass is 10.1. The molecule has 1 saturated heterocycles. The van der Waals surface area contributed by atoms with E-state index in [1.54, 1.807) is 36.8 Å². The van der Waals surface area contributed by atoms with Gasteiger partial charge in [0.1, 0.15) is 12.2 Å². The van der Waals surface area contributed by atoms with Crippen LogP contribution < -0.4 is 11.2 Å². The van der Waals surface area contributed by atoms with E-state index >= 15 is 0 Å². The van der Waals surface area contributed by atoms with Crippen molar-refractivity contribution in [1.82, 2.24) is 19.1 Å². The van der Waals surface area contributed by atoms with Crippen LogP contribution >= 0.6 is 0 Å². The maximum Gasteiger partial charge on any atom is 0.333 e. The van der Waals surface area contributed by atoms with Crippen molar-refractivity contribution in [2.75, 3.05) is 6.61 Å². The first-order valence-corrected chi connectivity index (χ1v) is 9.79. The molecule has 4 rings (SSSR count). The van der Waals surface area contributed by atoms with Crippen molar-refractivity contribution in [3.8, 4) is 11.1 Å². The van der Waals surface area contributed by atoms with E-state index in [2.05, 4.69) is 9.97 Å². The van der Waals surface area contributed by atoms with E-state index in [-0.39, 0.29) is 19.6 Å². The van der Waals surface area contributed by atoms with Crippen LogP contribution in [-0.4, -0.2) is 59.3 Å². The van der Waals surface area contributed by atoms with Crippen LogP contribution in [0.15, 0.2) is 64.7 Å². The van der Waals surface area contributed by atoms with Gasteiger partial charge >= 0.3 is 5.69 Å². The van der Waals surface area contributed by atoms with Gasteiger partial charge in [-0.3, -0.25) is 23.9 Å². The molecule has 162 valence electrons. The van der Waals surface area contributed by atoms with E-state index in [0.29, 0.717) is 5.69 Å². The van der Waals surface area contributed by atoms with Gasteiger partial charge in [-0.2, -0.15) is 0 Å². The van der Waals surface area contributed by atoms with Gasteiger partial charge in [0.15, 0.2) is 6.23 Å². The van der Waals surface area contributed by atoms with Crippen LogP contribution in [0.5, 0.6) is 0 Å². The normalized spacial score (nSPS) is 23.2. The topological polar surface area (TPSA) is 140 Å². The van der Waals surface area contributed by atoms with E-state index in [9.17, 15) is 19.8 Å². The van der Waals surface area contributed by atoms with Crippen molar-refractivity contribution < 1.29 is 20.1 Å². The minimum atomic E-state index is -1.38. The average molecular weight is 426 g/mol. The van der Waals surface area contributed by atoms with Crippen LogP contribution in [0.25, 0.3) is 11.1 Å². The molecule has 4 unspecified atom stereocenters. The second-order valence-corrected chi connectivity index (χ2v) is 7.27. The molecule has 0 aromatic carbocycles. The van der Waals surface area contributed by atoms with Gasteiger partial charge in [0.25, 0.3) is 5.56 Å². The Hall–Kier alpha value is -3.18. The van der Waals surface area contributed by atoms with Gasteiger partial charge < -0.3 is 20.1 Å². The number of pyridine rings is 2. The third kappa shape index (κ3) is 4.19. The number of ether oxygens (including phenoxy) is 1. The molecule has 0 amide bonds. The summed E-state index contributed by atoms with van der Waals surface area (Å²) in [4.78, 5) is 33.8. The Kier molecular flexibility index (Phi) is 6.05. The Bertz CT molecular complexity index is 1160. The third-order valence-corrected chi connectivity index (χ3v) is 5.25. The predicted molar refractivity (Wildman–Crippen MR) is 109 cm³/mol. The highest BCUT2D eigenvalue weighted by molar-refractivity contribution is 5.62. The fraction of sp³-hybridized carbons (Fsp3) is 0.333. The van der Waals surface area contributed by atoms with Crippen LogP contribution in [0, 0.1) is 0 Å². The molecule has 0 radical (unpaired) electrons. The highest BCUT2D eigenvalue weighted by Gasteiger charge is 2.43. The molecule has 3 aromatic heterocycles. The molecule has 1 aliphatic rings. The zero-order valence-electron chi connectivity index (χ0n) is 16.5. The first-order valence-electron chi connectivity index (χ1n) is 9.79. The van der Waals surface area contributed by atoms with Crippen LogP contribution in [0.4, 0.5) is 0 Å². The molecule has 3 N–H and O–H groups in total. The number of hydrogen-bond acceptors (Lipinski definition) is 8. The van der Waals surface area contributed by atoms with Crippen LogP contribution in [0.3, 0.4) is 0 Å². The van der Waals surface area contributed by atoms with E-state index in [1.165, 1.54) is 12.3 Å². The molecule has 0 spiro atoms. The van der Waals surface area contributed by atoms with Crippen molar-refractivity contribution in [3.05, 3.63) is 81.7 Å². The van der Waals surface area contributed by atoms with Crippen molar-refractivity contribution in [2.45, 2.75) is 37.5 Å². The number of aliphatic hydroxyl groups excluding tert-OH is 3. The van der Waals surface area contributed by atoms with Gasteiger partial charge in [-0.1, -0.05) is 6.07 Å². The van der Waals surface area contributed by atoms with Gasteiger partial charge in [-0.15, -0.1) is 0 Å².